The van der Waals surface area contributed by atoms with Crippen LogP contribution >= 0.6 is 0 Å². The van der Waals surface area contributed by atoms with Crippen molar-refractivity contribution in [2.75, 3.05) is 0 Å². The molecule has 1 aromatic rings. The maximum atomic E-state index is 12.7. The summed E-state index contributed by atoms with van der Waals surface area (Å²) < 4.78 is 25.5. The maximum absolute atomic E-state index is 12.7. The van der Waals surface area contributed by atoms with Gasteiger partial charge < -0.3 is 0 Å². The molecule has 0 aliphatic rings. The second kappa shape index (κ2) is 11.2. The predicted molar refractivity (Wildman–Crippen MR) is 99.8 cm³/mol. The summed E-state index contributed by atoms with van der Waals surface area (Å²) in [6.07, 6.45) is 10.3. The molecule has 24 heavy (non-hydrogen) atoms. The highest BCUT2D eigenvalue weighted by Crippen LogP contribution is 2.22. The number of sulfone groups is 1. The third-order valence-electron chi connectivity index (χ3n) is 4.08. The van der Waals surface area contributed by atoms with E-state index in [1.807, 2.05) is 13.0 Å². The van der Waals surface area contributed by atoms with Crippen molar-refractivity contribution in [3.8, 4) is 0 Å². The Balaban J connectivity index is 2.65. The van der Waals surface area contributed by atoms with Crippen LogP contribution in [0.1, 0.15) is 65.2 Å². The number of carbonyl (C=O) groups is 1. The fraction of sp³-hybridized carbons (Fsp3) is 0.550. The number of allylic oxidation sites excluding steroid dienone is 2. The van der Waals surface area contributed by atoms with Crippen LogP contribution < -0.4 is 0 Å². The molecule has 0 fully saturated rings. The Morgan fingerprint density at radius 2 is 1.75 bits per heavy atom. The molecule has 0 radical (unpaired) electrons. The lowest BCUT2D eigenvalue weighted by atomic mass is 10.1. The lowest BCUT2D eigenvalue weighted by Crippen LogP contribution is -2.24. The molecule has 0 aliphatic heterocycles. The second-order valence-electron chi connectivity index (χ2n) is 6.19. The molecule has 3 nitrogen and oxygen atoms in total. The van der Waals surface area contributed by atoms with Crippen molar-refractivity contribution in [3.63, 3.8) is 0 Å². The van der Waals surface area contributed by atoms with E-state index >= 15 is 0 Å². The molecule has 1 aromatic carbocycles. The van der Waals surface area contributed by atoms with Crippen LogP contribution in [0.5, 0.6) is 0 Å². The third-order valence-corrected chi connectivity index (χ3v) is 6.29. The summed E-state index contributed by atoms with van der Waals surface area (Å²) in [5.41, 5.74) is 0. The van der Waals surface area contributed by atoms with Gasteiger partial charge in [-0.3, -0.25) is 4.79 Å². The minimum absolute atomic E-state index is 0.0660. The van der Waals surface area contributed by atoms with Crippen molar-refractivity contribution in [2.45, 2.75) is 75.4 Å². The van der Waals surface area contributed by atoms with E-state index < -0.39 is 15.1 Å². The molecule has 0 aromatic heterocycles. The van der Waals surface area contributed by atoms with Crippen molar-refractivity contribution < 1.29 is 13.2 Å². The van der Waals surface area contributed by atoms with E-state index in [1.54, 1.807) is 36.4 Å². The molecule has 0 N–H and O–H groups in total. The van der Waals surface area contributed by atoms with Gasteiger partial charge in [0, 0.05) is 6.42 Å². The van der Waals surface area contributed by atoms with Crippen LogP contribution in [0.25, 0.3) is 0 Å². The van der Waals surface area contributed by atoms with Gasteiger partial charge in [0.25, 0.3) is 0 Å². The zero-order valence-electron chi connectivity index (χ0n) is 14.9. The summed E-state index contributed by atoms with van der Waals surface area (Å²) in [4.78, 5) is 12.4. The molecule has 1 rings (SSSR count). The van der Waals surface area contributed by atoms with Crippen LogP contribution in [0.4, 0.5) is 0 Å². The average molecular weight is 351 g/mol. The normalized spacial score (nSPS) is 13.2. The molecule has 1 unspecified atom stereocenters. The Kier molecular flexibility index (Phi) is 9.62. The lowest BCUT2D eigenvalue weighted by molar-refractivity contribution is -0.114. The van der Waals surface area contributed by atoms with Crippen molar-refractivity contribution in [1.29, 1.82) is 0 Å². The first-order chi connectivity index (χ1) is 11.5. The number of hydrogen-bond donors (Lipinski definition) is 0. The lowest BCUT2D eigenvalue weighted by Gasteiger charge is -2.15. The van der Waals surface area contributed by atoms with Gasteiger partial charge in [-0.05, 0) is 37.5 Å². The number of hydrogen-bond acceptors (Lipinski definition) is 3. The highest BCUT2D eigenvalue weighted by molar-refractivity contribution is 7.92. The quantitative estimate of drug-likeness (QED) is 0.388. The molecule has 134 valence electrons. The van der Waals surface area contributed by atoms with E-state index in [1.165, 1.54) is 19.3 Å². The Morgan fingerprint density at radius 1 is 1.04 bits per heavy atom. The predicted octanol–water partition coefficient (Wildman–Crippen LogP) is 5.11. The first-order valence-electron chi connectivity index (χ1n) is 9.00. The fourth-order valence-corrected chi connectivity index (χ4v) is 4.54. The summed E-state index contributed by atoms with van der Waals surface area (Å²) in [6.45, 7) is 4.11. The molecule has 1 atom stereocenters. The monoisotopic (exact) mass is 350 g/mol. The van der Waals surface area contributed by atoms with E-state index in [-0.39, 0.29) is 12.2 Å². The Labute approximate surface area is 147 Å². The summed E-state index contributed by atoms with van der Waals surface area (Å²) in [6, 6.07) is 8.43. The number of ketones is 1. The van der Waals surface area contributed by atoms with Crippen molar-refractivity contribution in [3.05, 3.63) is 42.5 Å². The topological polar surface area (TPSA) is 51.2 Å². The Hall–Kier alpha value is -1.42. The first-order valence-corrected chi connectivity index (χ1v) is 10.5. The van der Waals surface area contributed by atoms with Crippen LogP contribution in [0.15, 0.2) is 47.4 Å². The average Bonchev–Trinajstić information content (AvgIpc) is 2.58. The number of rotatable bonds is 12. The van der Waals surface area contributed by atoms with E-state index in [0.717, 1.165) is 19.3 Å². The summed E-state index contributed by atoms with van der Waals surface area (Å²) in [5.74, 6) is -0.0940. The van der Waals surface area contributed by atoms with Crippen molar-refractivity contribution >= 4 is 15.6 Å². The fourth-order valence-electron chi connectivity index (χ4n) is 2.69. The number of unbranched alkanes of at least 4 members (excludes halogenated alkanes) is 4. The first kappa shape index (κ1) is 20.6. The van der Waals surface area contributed by atoms with Gasteiger partial charge in [-0.15, -0.1) is 0 Å². The van der Waals surface area contributed by atoms with Gasteiger partial charge in [0.2, 0.25) is 0 Å². The summed E-state index contributed by atoms with van der Waals surface area (Å²) >= 11 is 0. The third kappa shape index (κ3) is 7.00. The highest BCUT2D eigenvalue weighted by atomic mass is 32.2. The molecule has 0 saturated heterocycles. The smallest absolute Gasteiger partial charge is 0.181 e. The highest BCUT2D eigenvalue weighted by Gasteiger charge is 2.28. The second-order valence-corrected chi connectivity index (χ2v) is 8.42. The largest absolute Gasteiger partial charge is 0.295 e. The van der Waals surface area contributed by atoms with Crippen LogP contribution in [0.2, 0.25) is 0 Å². The van der Waals surface area contributed by atoms with Gasteiger partial charge in [-0.2, -0.15) is 0 Å². The zero-order chi connectivity index (χ0) is 17.8. The van der Waals surface area contributed by atoms with Crippen molar-refractivity contribution in [2.24, 2.45) is 0 Å². The van der Waals surface area contributed by atoms with E-state index in [4.69, 9.17) is 0 Å². The van der Waals surface area contributed by atoms with Crippen LogP contribution in [0.3, 0.4) is 0 Å². The minimum Gasteiger partial charge on any atom is -0.295 e. The van der Waals surface area contributed by atoms with E-state index in [9.17, 15) is 13.2 Å². The van der Waals surface area contributed by atoms with Gasteiger partial charge >= 0.3 is 0 Å². The maximum Gasteiger partial charge on any atom is 0.181 e. The van der Waals surface area contributed by atoms with E-state index in [2.05, 4.69) is 6.92 Å². The molecule has 0 heterocycles. The van der Waals surface area contributed by atoms with Crippen LogP contribution in [-0.2, 0) is 14.6 Å². The molecule has 0 spiro atoms. The minimum atomic E-state index is -3.46. The van der Waals surface area contributed by atoms with Gasteiger partial charge in [0.15, 0.2) is 15.6 Å². The molecular weight excluding hydrogens is 320 g/mol. The van der Waals surface area contributed by atoms with Gasteiger partial charge in [-0.25, -0.2) is 8.42 Å². The number of benzene rings is 1. The molecule has 4 heteroatoms. The summed E-state index contributed by atoms with van der Waals surface area (Å²) in [7, 11) is -3.46. The van der Waals surface area contributed by atoms with Crippen molar-refractivity contribution in [1.82, 2.24) is 0 Å². The molecule has 0 aliphatic carbocycles. The molecule has 0 saturated carbocycles. The van der Waals surface area contributed by atoms with Gasteiger partial charge in [-0.1, -0.05) is 63.8 Å². The molecule has 0 amide bonds. The van der Waals surface area contributed by atoms with Crippen LogP contribution in [-0.4, -0.2) is 19.5 Å². The SMILES string of the molecule is CCCCCC/C=C/C(=O)CC(CCC)S(=O)(=O)c1ccccc1. The van der Waals surface area contributed by atoms with Gasteiger partial charge in [0.05, 0.1) is 10.1 Å². The standard InChI is InChI=1S/C20H30O3S/c1-3-5-6-7-8-10-14-18(21)17-20(13-4-2)24(22,23)19-15-11-9-12-16-19/h9-12,14-16,20H,3-8,13,17H2,1-2H3/b14-10+. The van der Waals surface area contributed by atoms with E-state index in [0.29, 0.717) is 11.3 Å². The van der Waals surface area contributed by atoms with Crippen LogP contribution in [0, 0.1) is 0 Å². The Morgan fingerprint density at radius 3 is 2.38 bits per heavy atom. The molecule has 0 bridgehead atoms. The molecular formula is C20H30O3S. The van der Waals surface area contributed by atoms with Gasteiger partial charge in [0.1, 0.15) is 0 Å². The zero-order valence-corrected chi connectivity index (χ0v) is 15.7. The summed E-state index contributed by atoms with van der Waals surface area (Å²) in [5, 5.41) is -0.637. The number of carbonyl (C=O) groups excluding carboxylic acids is 1. The Bertz CT molecular complexity index is 603.